The molecular weight excluding hydrogens is 282 g/mol. The lowest BCUT2D eigenvalue weighted by Crippen LogP contribution is -2.41. The van der Waals surface area contributed by atoms with Gasteiger partial charge in [0.1, 0.15) is 6.04 Å². The summed E-state index contributed by atoms with van der Waals surface area (Å²) in [5.41, 5.74) is 0. The van der Waals surface area contributed by atoms with Crippen LogP contribution in [-0.4, -0.2) is 59.7 Å². The molecule has 2 amide bonds. The number of hydrogen-bond donors (Lipinski definition) is 2. The van der Waals surface area contributed by atoms with Crippen molar-refractivity contribution in [3.63, 3.8) is 0 Å². The molecule has 7 heteroatoms. The van der Waals surface area contributed by atoms with Crippen molar-refractivity contribution < 1.29 is 9.59 Å². The first-order chi connectivity index (χ1) is 10.6. The zero-order chi connectivity index (χ0) is 15.9. The van der Waals surface area contributed by atoms with Gasteiger partial charge in [0, 0.05) is 26.0 Å². The van der Waals surface area contributed by atoms with E-state index in [0.29, 0.717) is 12.5 Å². The molecule has 2 rings (SSSR count). The lowest BCUT2D eigenvalue weighted by molar-refractivity contribution is -0.137. The molecule has 122 valence electrons. The summed E-state index contributed by atoms with van der Waals surface area (Å²) < 4.78 is 1.59. The van der Waals surface area contributed by atoms with Gasteiger partial charge in [0.25, 0.3) is 0 Å². The molecule has 1 saturated heterocycles. The molecule has 2 heterocycles. The monoisotopic (exact) mass is 307 g/mol. The minimum absolute atomic E-state index is 0.0767. The maximum atomic E-state index is 12.2. The molecule has 1 aromatic rings. The molecule has 0 aromatic carbocycles. The van der Waals surface area contributed by atoms with E-state index in [-0.39, 0.29) is 18.4 Å². The van der Waals surface area contributed by atoms with Crippen LogP contribution in [-0.2, 0) is 9.59 Å². The van der Waals surface area contributed by atoms with Crippen LogP contribution in [0, 0.1) is 5.92 Å². The molecule has 1 fully saturated rings. The fourth-order valence-electron chi connectivity index (χ4n) is 2.67. The van der Waals surface area contributed by atoms with Crippen molar-refractivity contribution in [1.29, 1.82) is 0 Å². The molecule has 1 aromatic heterocycles. The van der Waals surface area contributed by atoms with E-state index >= 15 is 0 Å². The van der Waals surface area contributed by atoms with Crippen molar-refractivity contribution in [2.75, 3.05) is 33.2 Å². The van der Waals surface area contributed by atoms with Crippen LogP contribution in [0.3, 0.4) is 0 Å². The number of carbonyl (C=O) groups is 2. The van der Waals surface area contributed by atoms with E-state index in [1.54, 1.807) is 37.1 Å². The standard InChI is InChI=1S/C15H25N5O2/c1-12(20-9-3-6-18-20)15(22)19(2)11-14(21)17-8-5-13-4-7-16-10-13/h3,6,9,12-13,16H,4-5,7-8,10-11H2,1-2H3,(H,17,21). The highest BCUT2D eigenvalue weighted by Gasteiger charge is 2.21. The van der Waals surface area contributed by atoms with Gasteiger partial charge in [-0.25, -0.2) is 0 Å². The van der Waals surface area contributed by atoms with Crippen molar-refractivity contribution in [2.45, 2.75) is 25.8 Å². The number of hydrogen-bond acceptors (Lipinski definition) is 4. The van der Waals surface area contributed by atoms with Crippen LogP contribution in [0.25, 0.3) is 0 Å². The van der Waals surface area contributed by atoms with Gasteiger partial charge in [0.2, 0.25) is 11.8 Å². The van der Waals surface area contributed by atoms with Gasteiger partial charge < -0.3 is 15.5 Å². The Kier molecular flexibility index (Phi) is 5.94. The van der Waals surface area contributed by atoms with E-state index in [2.05, 4.69) is 15.7 Å². The second kappa shape index (κ2) is 7.93. The number of likely N-dealkylation sites (N-methyl/N-ethyl adjacent to an activating group) is 1. The molecule has 0 radical (unpaired) electrons. The van der Waals surface area contributed by atoms with Crippen LogP contribution < -0.4 is 10.6 Å². The second-order valence-electron chi connectivity index (χ2n) is 5.85. The van der Waals surface area contributed by atoms with Gasteiger partial charge in [-0.05, 0) is 44.8 Å². The Bertz CT molecular complexity index is 482. The predicted molar refractivity (Wildman–Crippen MR) is 83.2 cm³/mol. The lowest BCUT2D eigenvalue weighted by atomic mass is 10.1. The Hall–Kier alpha value is -1.89. The molecule has 0 bridgehead atoms. The highest BCUT2D eigenvalue weighted by atomic mass is 16.2. The van der Waals surface area contributed by atoms with Gasteiger partial charge in [-0.3, -0.25) is 14.3 Å². The number of carbonyl (C=O) groups excluding carboxylic acids is 2. The Morgan fingerprint density at radius 3 is 3.00 bits per heavy atom. The van der Waals surface area contributed by atoms with Crippen molar-refractivity contribution in [3.05, 3.63) is 18.5 Å². The molecule has 0 aliphatic carbocycles. The molecule has 2 unspecified atom stereocenters. The number of nitrogens with zero attached hydrogens (tertiary/aromatic N) is 3. The van der Waals surface area contributed by atoms with E-state index in [0.717, 1.165) is 19.5 Å². The highest BCUT2D eigenvalue weighted by molar-refractivity contribution is 5.86. The van der Waals surface area contributed by atoms with Crippen LogP contribution >= 0.6 is 0 Å². The molecule has 0 saturated carbocycles. The summed E-state index contributed by atoms with van der Waals surface area (Å²) in [7, 11) is 1.64. The van der Waals surface area contributed by atoms with E-state index < -0.39 is 6.04 Å². The molecule has 22 heavy (non-hydrogen) atoms. The van der Waals surface area contributed by atoms with Gasteiger partial charge in [0.15, 0.2) is 0 Å². The van der Waals surface area contributed by atoms with Crippen molar-refractivity contribution in [3.8, 4) is 0 Å². The fraction of sp³-hybridized carbons (Fsp3) is 0.667. The molecule has 2 N–H and O–H groups in total. The van der Waals surface area contributed by atoms with Gasteiger partial charge >= 0.3 is 0 Å². The Morgan fingerprint density at radius 2 is 2.36 bits per heavy atom. The average Bonchev–Trinajstić information content (AvgIpc) is 3.18. The summed E-state index contributed by atoms with van der Waals surface area (Å²) >= 11 is 0. The van der Waals surface area contributed by atoms with E-state index in [1.807, 2.05) is 0 Å². The first kappa shape index (κ1) is 16.5. The van der Waals surface area contributed by atoms with E-state index in [4.69, 9.17) is 0 Å². The van der Waals surface area contributed by atoms with Crippen molar-refractivity contribution >= 4 is 11.8 Å². The average molecular weight is 307 g/mol. The quantitative estimate of drug-likeness (QED) is 0.744. The van der Waals surface area contributed by atoms with Crippen LogP contribution in [0.1, 0.15) is 25.8 Å². The molecule has 7 nitrogen and oxygen atoms in total. The van der Waals surface area contributed by atoms with E-state index in [1.165, 1.54) is 11.3 Å². The first-order valence-corrected chi connectivity index (χ1v) is 7.79. The number of aromatic nitrogens is 2. The maximum absolute atomic E-state index is 12.2. The third kappa shape index (κ3) is 4.56. The van der Waals surface area contributed by atoms with E-state index in [9.17, 15) is 9.59 Å². The summed E-state index contributed by atoms with van der Waals surface area (Å²) in [6.45, 7) is 4.63. The Labute approximate surface area is 131 Å². The summed E-state index contributed by atoms with van der Waals surface area (Å²) in [5.74, 6) is 0.410. The van der Waals surface area contributed by atoms with Crippen LogP contribution in [0.2, 0.25) is 0 Å². The summed E-state index contributed by atoms with van der Waals surface area (Å²) in [6.07, 6.45) is 5.54. The number of rotatable bonds is 7. The summed E-state index contributed by atoms with van der Waals surface area (Å²) in [5, 5.41) is 10.3. The fourth-order valence-corrected chi connectivity index (χ4v) is 2.67. The largest absolute Gasteiger partial charge is 0.355 e. The highest BCUT2D eigenvalue weighted by Crippen LogP contribution is 2.11. The second-order valence-corrected chi connectivity index (χ2v) is 5.85. The van der Waals surface area contributed by atoms with Crippen molar-refractivity contribution in [2.24, 2.45) is 5.92 Å². The van der Waals surface area contributed by atoms with Gasteiger partial charge in [-0.15, -0.1) is 0 Å². The van der Waals surface area contributed by atoms with Crippen LogP contribution in [0.15, 0.2) is 18.5 Å². The van der Waals surface area contributed by atoms with Crippen LogP contribution in [0.5, 0.6) is 0 Å². The summed E-state index contributed by atoms with van der Waals surface area (Å²) in [4.78, 5) is 25.6. The van der Waals surface area contributed by atoms with Gasteiger partial charge in [0.05, 0.1) is 6.54 Å². The Balaban J connectivity index is 1.69. The molecule has 2 atom stereocenters. The number of nitrogens with one attached hydrogen (secondary N) is 2. The smallest absolute Gasteiger partial charge is 0.247 e. The normalized spacial score (nSPS) is 18.9. The zero-order valence-electron chi connectivity index (χ0n) is 13.3. The summed E-state index contributed by atoms with van der Waals surface area (Å²) in [6, 6.07) is 1.37. The number of amides is 2. The van der Waals surface area contributed by atoms with Gasteiger partial charge in [-0.2, -0.15) is 5.10 Å². The van der Waals surface area contributed by atoms with Crippen LogP contribution in [0.4, 0.5) is 0 Å². The minimum Gasteiger partial charge on any atom is -0.355 e. The maximum Gasteiger partial charge on any atom is 0.247 e. The molecular formula is C15H25N5O2. The van der Waals surface area contributed by atoms with Crippen molar-refractivity contribution in [1.82, 2.24) is 25.3 Å². The third-order valence-electron chi connectivity index (χ3n) is 4.07. The SMILES string of the molecule is CC(C(=O)N(C)CC(=O)NCCC1CCNC1)n1cccn1. The predicted octanol–water partition coefficient (Wildman–Crippen LogP) is 0.0183. The topological polar surface area (TPSA) is 79.3 Å². The minimum atomic E-state index is -0.405. The van der Waals surface area contributed by atoms with Gasteiger partial charge in [-0.1, -0.05) is 0 Å². The zero-order valence-corrected chi connectivity index (χ0v) is 13.3. The first-order valence-electron chi connectivity index (χ1n) is 7.79. The Morgan fingerprint density at radius 1 is 1.55 bits per heavy atom. The third-order valence-corrected chi connectivity index (χ3v) is 4.07. The molecule has 1 aliphatic heterocycles. The molecule has 0 spiro atoms. The lowest BCUT2D eigenvalue weighted by Gasteiger charge is -2.21. The molecule has 1 aliphatic rings.